The van der Waals surface area contributed by atoms with Crippen molar-refractivity contribution in [2.45, 2.75) is 137 Å². The van der Waals surface area contributed by atoms with E-state index in [1.165, 1.54) is 0 Å². The van der Waals surface area contributed by atoms with E-state index >= 15 is 0 Å². The summed E-state index contributed by atoms with van der Waals surface area (Å²) in [6.45, 7) is 20.1. The van der Waals surface area contributed by atoms with Crippen LogP contribution in [-0.2, 0) is 32.0 Å². The molecule has 0 radical (unpaired) electrons. The van der Waals surface area contributed by atoms with Gasteiger partial charge >= 0.3 is 0 Å². The molecule has 75 heavy (non-hydrogen) atoms. The minimum Gasteiger partial charge on any atom is -0.457 e. The number of ether oxygens (including phenoxy) is 1. The second-order valence-corrected chi connectivity index (χ2v) is 22.7. The quantitative estimate of drug-likeness (QED) is 0.0707. The smallest absolute Gasteiger partial charge is 0.253 e. The molecule has 6 atom stereocenters. The van der Waals surface area contributed by atoms with Crippen molar-refractivity contribution in [3.8, 4) is 11.5 Å². The van der Waals surface area contributed by atoms with Gasteiger partial charge in [-0.25, -0.2) is 0 Å². The largest absolute Gasteiger partial charge is 0.457 e. The molecule has 14 heteroatoms. The Morgan fingerprint density at radius 3 is 1.33 bits per heavy atom. The number of nitrogens with zero attached hydrogens (tertiary/aromatic N) is 4. The van der Waals surface area contributed by atoms with Crippen molar-refractivity contribution in [1.29, 1.82) is 0 Å². The lowest BCUT2D eigenvalue weighted by atomic mass is 9.85. The molecule has 0 aromatic heterocycles. The number of carbonyl (C=O) groups is 6. The van der Waals surface area contributed by atoms with E-state index in [4.69, 9.17) is 4.74 Å². The molecule has 2 fully saturated rings. The fourth-order valence-corrected chi connectivity index (χ4v) is 9.84. The second-order valence-electron chi connectivity index (χ2n) is 22.7. The van der Waals surface area contributed by atoms with E-state index in [0.717, 1.165) is 36.8 Å². The molecule has 0 aliphatic carbocycles. The zero-order chi connectivity index (χ0) is 54.5. The molecular formula is C61H83N7O7. The number of likely N-dealkylation sites (N-methyl/N-ethyl adjacent to an activating group) is 1. The summed E-state index contributed by atoms with van der Waals surface area (Å²) in [5, 5.41) is 9.03. The van der Waals surface area contributed by atoms with Gasteiger partial charge in [0.1, 0.15) is 23.6 Å². The number of carbonyl (C=O) groups excluding carboxylic acids is 6. The molecule has 6 rings (SSSR count). The van der Waals surface area contributed by atoms with Crippen molar-refractivity contribution in [2.75, 3.05) is 46.3 Å². The average molecular weight is 1030 g/mol. The number of hydrogen-bond donors (Lipinski definition) is 3. The normalized spacial score (nSPS) is 17.4. The average Bonchev–Trinajstić information content (AvgIpc) is 4.08. The Kier molecular flexibility index (Phi) is 20.2. The van der Waals surface area contributed by atoms with Crippen molar-refractivity contribution in [1.82, 2.24) is 35.6 Å². The molecule has 0 bridgehead atoms. The van der Waals surface area contributed by atoms with Crippen LogP contribution in [-0.4, -0.2) is 132 Å². The van der Waals surface area contributed by atoms with E-state index in [1.54, 1.807) is 62.5 Å². The maximum Gasteiger partial charge on any atom is 0.253 e. The molecule has 2 aliphatic rings. The molecule has 14 nitrogen and oxygen atoms in total. The van der Waals surface area contributed by atoms with Gasteiger partial charge in [0.15, 0.2) is 0 Å². The fraction of sp³-hybridized carbons (Fsp3) is 0.508. The van der Waals surface area contributed by atoms with E-state index in [9.17, 15) is 28.8 Å². The lowest BCUT2D eigenvalue weighted by molar-refractivity contribution is -0.141. The molecule has 4 aromatic rings. The lowest BCUT2D eigenvalue weighted by Crippen LogP contribution is -2.59. The van der Waals surface area contributed by atoms with E-state index in [1.807, 2.05) is 136 Å². The first-order valence-corrected chi connectivity index (χ1v) is 27.1. The minimum absolute atomic E-state index is 0.116. The summed E-state index contributed by atoms with van der Waals surface area (Å²) in [7, 11) is 1.71. The van der Waals surface area contributed by atoms with Gasteiger partial charge in [-0.1, -0.05) is 116 Å². The van der Waals surface area contributed by atoms with Crippen molar-refractivity contribution in [3.63, 3.8) is 0 Å². The number of likely N-dealkylation sites (tertiary alicyclic amines) is 2. The Labute approximate surface area is 446 Å². The number of amides is 6. The Morgan fingerprint density at radius 1 is 0.587 bits per heavy atom. The van der Waals surface area contributed by atoms with Crippen LogP contribution in [0.25, 0.3) is 0 Å². The summed E-state index contributed by atoms with van der Waals surface area (Å²) < 4.78 is 6.27. The van der Waals surface area contributed by atoms with Gasteiger partial charge in [0.2, 0.25) is 23.6 Å². The topological polar surface area (TPSA) is 161 Å². The van der Waals surface area contributed by atoms with Crippen LogP contribution in [0.4, 0.5) is 0 Å². The zero-order valence-electron chi connectivity index (χ0n) is 46.2. The first-order chi connectivity index (χ1) is 35.7. The molecular weight excluding hydrogens is 943 g/mol. The standard InChI is InChI=1S/C61H83N7O7/c1-11-42(2)54(69)63-52(60(4,5)6)58(73)67-36-18-24-48(67)40-65(38-34-44-20-14-12-15-21-44)56(71)46-26-30-50(31-27-46)75-51-32-28-47(29-33-51)57(72)66(39-35-45-22-16-13-17-23-45)41-49-25-19-37-68(49)59(74)53(61(7,8)9)64-55(70)43(3)62-10/h12-17,20-23,26-33,42-43,48-49,52-53,62H,11,18-19,24-25,34-41H2,1-10H3,(H,63,69)(H,64,70)/t42-,43+,48+,49+,52-,53-/m1/s1. The molecule has 6 amide bonds. The van der Waals surface area contributed by atoms with Crippen LogP contribution in [0.3, 0.4) is 0 Å². The molecule has 0 spiro atoms. The second kappa shape index (κ2) is 26.3. The van der Waals surface area contributed by atoms with Crippen LogP contribution in [0.5, 0.6) is 11.5 Å². The zero-order valence-corrected chi connectivity index (χ0v) is 46.2. The first kappa shape index (κ1) is 57.7. The summed E-state index contributed by atoms with van der Waals surface area (Å²) in [4.78, 5) is 91.1. The third-order valence-corrected chi connectivity index (χ3v) is 14.9. The molecule has 404 valence electrons. The van der Waals surface area contributed by atoms with Gasteiger partial charge in [-0.15, -0.1) is 0 Å². The van der Waals surface area contributed by atoms with Crippen molar-refractivity contribution in [2.24, 2.45) is 16.7 Å². The van der Waals surface area contributed by atoms with Gasteiger partial charge in [-0.2, -0.15) is 0 Å². The van der Waals surface area contributed by atoms with Crippen LogP contribution in [0.1, 0.15) is 126 Å². The Bertz CT molecular complexity index is 2350. The van der Waals surface area contributed by atoms with Gasteiger partial charge in [0.05, 0.1) is 6.04 Å². The molecule has 4 aromatic carbocycles. The molecule has 2 saturated heterocycles. The number of hydrogen-bond acceptors (Lipinski definition) is 8. The predicted molar refractivity (Wildman–Crippen MR) is 295 cm³/mol. The van der Waals surface area contributed by atoms with E-state index in [2.05, 4.69) is 16.0 Å². The van der Waals surface area contributed by atoms with E-state index < -0.39 is 29.0 Å². The van der Waals surface area contributed by atoms with Crippen LogP contribution in [0, 0.1) is 16.7 Å². The van der Waals surface area contributed by atoms with Crippen LogP contribution < -0.4 is 20.7 Å². The predicted octanol–water partition coefficient (Wildman–Crippen LogP) is 8.55. The molecule has 0 saturated carbocycles. The third-order valence-electron chi connectivity index (χ3n) is 14.9. The Morgan fingerprint density at radius 2 is 0.973 bits per heavy atom. The van der Waals surface area contributed by atoms with Crippen LogP contribution in [0.2, 0.25) is 0 Å². The first-order valence-electron chi connectivity index (χ1n) is 27.1. The molecule has 3 N–H and O–H groups in total. The number of nitrogens with one attached hydrogen (secondary N) is 3. The van der Waals surface area contributed by atoms with Gasteiger partial charge in [-0.05, 0) is 129 Å². The Balaban J connectivity index is 1.15. The fourth-order valence-electron chi connectivity index (χ4n) is 9.84. The van der Waals surface area contributed by atoms with Crippen molar-refractivity contribution in [3.05, 3.63) is 131 Å². The van der Waals surface area contributed by atoms with Gasteiger partial charge in [-0.3, -0.25) is 28.8 Å². The maximum atomic E-state index is 14.5. The summed E-state index contributed by atoms with van der Waals surface area (Å²) in [6.07, 6.45) is 5.04. The summed E-state index contributed by atoms with van der Waals surface area (Å²) in [5.41, 5.74) is 2.11. The van der Waals surface area contributed by atoms with E-state index in [0.29, 0.717) is 81.2 Å². The summed E-state index contributed by atoms with van der Waals surface area (Å²) in [5.74, 6) is -0.132. The third kappa shape index (κ3) is 15.8. The SMILES string of the molecule is CC[C@@H](C)C(=O)N[C@H](C(=O)N1CCC[C@H]1CN(CCc1ccccc1)C(=O)c1ccc(Oc2ccc(C(=O)N(CCc3ccccc3)C[C@@H]3CCCN3C(=O)[C@@H](NC(=O)[C@H](C)NC)C(C)(C)C)cc2)cc1)C(C)(C)C. The number of benzene rings is 4. The van der Waals surface area contributed by atoms with Crippen LogP contribution in [0.15, 0.2) is 109 Å². The minimum atomic E-state index is -0.741. The highest BCUT2D eigenvalue weighted by molar-refractivity contribution is 5.96. The maximum absolute atomic E-state index is 14.5. The highest BCUT2D eigenvalue weighted by atomic mass is 16.5. The van der Waals surface area contributed by atoms with Crippen LogP contribution >= 0.6 is 0 Å². The van der Waals surface area contributed by atoms with E-state index in [-0.39, 0.29) is 53.4 Å². The van der Waals surface area contributed by atoms with Gasteiger partial charge in [0, 0.05) is 68.4 Å². The molecule has 0 unspecified atom stereocenters. The van der Waals surface area contributed by atoms with Gasteiger partial charge in [0.25, 0.3) is 11.8 Å². The molecule has 2 aliphatic heterocycles. The lowest BCUT2D eigenvalue weighted by Gasteiger charge is -2.37. The number of rotatable bonds is 22. The Hall–Kier alpha value is -6.54. The van der Waals surface area contributed by atoms with Crippen molar-refractivity contribution < 1.29 is 33.5 Å². The highest BCUT2D eigenvalue weighted by Crippen LogP contribution is 2.30. The summed E-state index contributed by atoms with van der Waals surface area (Å²) in [6, 6.07) is 31.8. The van der Waals surface area contributed by atoms with Crippen molar-refractivity contribution >= 4 is 35.4 Å². The highest BCUT2D eigenvalue weighted by Gasteiger charge is 2.42. The molecule has 2 heterocycles. The van der Waals surface area contributed by atoms with Gasteiger partial charge < -0.3 is 40.3 Å². The summed E-state index contributed by atoms with van der Waals surface area (Å²) >= 11 is 0. The monoisotopic (exact) mass is 1030 g/mol.